The van der Waals surface area contributed by atoms with Crippen LogP contribution in [-0.4, -0.2) is 47.1 Å². The molecule has 1 aromatic carbocycles. The zero-order valence-corrected chi connectivity index (χ0v) is 20.2. The quantitative estimate of drug-likeness (QED) is 0.645. The van der Waals surface area contributed by atoms with Gasteiger partial charge in [-0.25, -0.2) is 4.39 Å². The molecule has 178 valence electrons. The molecule has 0 aliphatic carbocycles. The Labute approximate surface area is 200 Å². The third kappa shape index (κ3) is 5.56. The first-order valence-electron chi connectivity index (χ1n) is 11.9. The van der Waals surface area contributed by atoms with E-state index in [0.717, 1.165) is 37.9 Å². The molecular formula is C26H33ClFN3O2. The van der Waals surface area contributed by atoms with Crippen LogP contribution >= 0.6 is 11.6 Å². The molecule has 2 aliphatic rings. The molecule has 2 saturated heterocycles. The third-order valence-electron chi connectivity index (χ3n) is 7.30. The first-order valence-corrected chi connectivity index (χ1v) is 12.3. The number of nitrogens with one attached hydrogen (secondary N) is 1. The molecule has 1 N–H and O–H groups in total. The van der Waals surface area contributed by atoms with E-state index in [9.17, 15) is 9.18 Å². The van der Waals surface area contributed by atoms with Crippen molar-refractivity contribution in [3.8, 4) is 0 Å². The van der Waals surface area contributed by atoms with Crippen molar-refractivity contribution in [1.29, 1.82) is 0 Å². The molecule has 4 rings (SSSR count). The van der Waals surface area contributed by atoms with E-state index in [1.165, 1.54) is 5.56 Å². The van der Waals surface area contributed by atoms with Crippen LogP contribution in [0, 0.1) is 11.7 Å². The highest BCUT2D eigenvalue weighted by Crippen LogP contribution is 2.36. The van der Waals surface area contributed by atoms with Crippen molar-refractivity contribution in [3.63, 3.8) is 0 Å². The predicted molar refractivity (Wildman–Crippen MR) is 128 cm³/mol. The highest BCUT2D eigenvalue weighted by molar-refractivity contribution is 6.30. The molecule has 2 fully saturated rings. The number of nitrogens with zero attached hydrogens (tertiary/aromatic N) is 2. The van der Waals surface area contributed by atoms with Crippen LogP contribution in [0.1, 0.15) is 56.6 Å². The van der Waals surface area contributed by atoms with Crippen LogP contribution in [0.5, 0.6) is 0 Å². The Hall–Kier alpha value is -2.02. The van der Waals surface area contributed by atoms with Crippen LogP contribution in [0.15, 0.2) is 42.7 Å². The Kier molecular flexibility index (Phi) is 7.67. The number of carbonyl (C=O) groups is 1. The van der Waals surface area contributed by atoms with Crippen molar-refractivity contribution in [2.75, 3.05) is 19.7 Å². The Bertz CT molecular complexity index is 937. The van der Waals surface area contributed by atoms with Crippen LogP contribution in [0.2, 0.25) is 5.02 Å². The average Bonchev–Trinajstić information content (AvgIpc) is 2.83. The summed E-state index contributed by atoms with van der Waals surface area (Å²) >= 11 is 6.01. The number of pyridine rings is 1. The Morgan fingerprint density at radius 3 is 2.58 bits per heavy atom. The number of benzene rings is 1. The summed E-state index contributed by atoms with van der Waals surface area (Å²) in [4.78, 5) is 19.8. The topological polar surface area (TPSA) is 54.5 Å². The number of rotatable bonds is 6. The molecule has 0 bridgehead atoms. The molecule has 5 nitrogen and oxygen atoms in total. The molecular weight excluding hydrogens is 441 g/mol. The summed E-state index contributed by atoms with van der Waals surface area (Å²) in [6, 6.07) is 9.07. The Morgan fingerprint density at radius 1 is 1.24 bits per heavy atom. The standard InChI is InChI=1S/C26H33ClFN3O2/c1-18(2)26(25(32)30-15-19-13-22(27)16-29-14-19)10-7-24(17-33-26)31-11-8-21(9-12-31)20-3-5-23(28)6-4-20/h3-6,13-14,16,18,21,24H,7-12,15,17H2,1-2H3,(H,30,32). The van der Waals surface area contributed by atoms with Crippen molar-refractivity contribution in [1.82, 2.24) is 15.2 Å². The second kappa shape index (κ2) is 10.5. The molecule has 2 aromatic rings. The SMILES string of the molecule is CC(C)C1(C(=O)NCc2cncc(Cl)c2)CCC(N2CCC(c3ccc(F)cc3)CC2)CO1. The van der Waals surface area contributed by atoms with Gasteiger partial charge in [-0.2, -0.15) is 0 Å². The van der Waals surface area contributed by atoms with Gasteiger partial charge in [0.05, 0.1) is 11.6 Å². The molecule has 2 unspecified atom stereocenters. The summed E-state index contributed by atoms with van der Waals surface area (Å²) < 4.78 is 19.6. The van der Waals surface area contributed by atoms with Gasteiger partial charge in [0.25, 0.3) is 5.91 Å². The monoisotopic (exact) mass is 473 g/mol. The third-order valence-corrected chi connectivity index (χ3v) is 7.51. The molecule has 2 atom stereocenters. The minimum Gasteiger partial charge on any atom is -0.363 e. The summed E-state index contributed by atoms with van der Waals surface area (Å²) in [6.07, 6.45) is 7.05. The van der Waals surface area contributed by atoms with Crippen LogP contribution in [0.25, 0.3) is 0 Å². The number of carbonyl (C=O) groups excluding carboxylic acids is 1. The van der Waals surface area contributed by atoms with E-state index < -0.39 is 5.60 Å². The van der Waals surface area contributed by atoms with Crippen LogP contribution in [-0.2, 0) is 16.1 Å². The summed E-state index contributed by atoms with van der Waals surface area (Å²) in [5.74, 6) is 0.302. The zero-order chi connectivity index (χ0) is 23.4. The van der Waals surface area contributed by atoms with E-state index in [2.05, 4.69) is 29.0 Å². The summed E-state index contributed by atoms with van der Waals surface area (Å²) in [5.41, 5.74) is 1.28. The van der Waals surface area contributed by atoms with Crippen LogP contribution in [0.4, 0.5) is 4.39 Å². The van der Waals surface area contributed by atoms with Gasteiger partial charge < -0.3 is 10.1 Å². The van der Waals surface area contributed by atoms with E-state index in [-0.39, 0.29) is 17.6 Å². The molecule has 3 heterocycles. The molecule has 0 radical (unpaired) electrons. The van der Waals surface area contributed by atoms with Crippen molar-refractivity contribution >= 4 is 17.5 Å². The second-order valence-corrected chi connectivity index (χ2v) is 10.0. The van der Waals surface area contributed by atoms with E-state index >= 15 is 0 Å². The van der Waals surface area contributed by atoms with Crippen LogP contribution < -0.4 is 5.32 Å². The number of amides is 1. The van der Waals surface area contributed by atoms with Gasteiger partial charge >= 0.3 is 0 Å². The van der Waals surface area contributed by atoms with Crippen molar-refractivity contribution in [3.05, 3.63) is 64.7 Å². The minimum atomic E-state index is -0.811. The highest BCUT2D eigenvalue weighted by atomic mass is 35.5. The summed E-state index contributed by atoms with van der Waals surface area (Å²) in [7, 11) is 0. The normalized spacial score (nSPS) is 24.7. The zero-order valence-electron chi connectivity index (χ0n) is 19.4. The molecule has 1 amide bonds. The fourth-order valence-corrected chi connectivity index (χ4v) is 5.38. The largest absolute Gasteiger partial charge is 0.363 e. The maximum Gasteiger partial charge on any atom is 0.252 e. The fraction of sp³-hybridized carbons (Fsp3) is 0.538. The van der Waals surface area contributed by atoms with E-state index in [0.29, 0.717) is 36.6 Å². The number of halogens is 2. The smallest absolute Gasteiger partial charge is 0.252 e. The number of aromatic nitrogens is 1. The summed E-state index contributed by atoms with van der Waals surface area (Å²) in [6.45, 7) is 7.04. The lowest BCUT2D eigenvalue weighted by Crippen LogP contribution is -2.58. The highest BCUT2D eigenvalue weighted by Gasteiger charge is 2.46. The van der Waals surface area contributed by atoms with Crippen molar-refractivity contribution in [2.24, 2.45) is 5.92 Å². The van der Waals surface area contributed by atoms with Crippen molar-refractivity contribution < 1.29 is 13.9 Å². The van der Waals surface area contributed by atoms with E-state index in [4.69, 9.17) is 16.3 Å². The Morgan fingerprint density at radius 2 is 1.97 bits per heavy atom. The number of hydrogen-bond acceptors (Lipinski definition) is 4. The van der Waals surface area contributed by atoms with Gasteiger partial charge in [0, 0.05) is 25.0 Å². The molecule has 1 aromatic heterocycles. The fourth-order valence-electron chi connectivity index (χ4n) is 5.18. The molecule has 0 spiro atoms. The molecule has 2 aliphatic heterocycles. The number of ether oxygens (including phenoxy) is 1. The average molecular weight is 474 g/mol. The van der Waals surface area contributed by atoms with Gasteiger partial charge in [-0.3, -0.25) is 14.7 Å². The first kappa shape index (κ1) is 24.1. The number of piperidine rings is 1. The minimum absolute atomic E-state index is 0.0639. The van der Waals surface area contributed by atoms with Gasteiger partial charge in [0.15, 0.2) is 0 Å². The van der Waals surface area contributed by atoms with Crippen molar-refractivity contribution in [2.45, 2.75) is 63.6 Å². The number of hydrogen-bond donors (Lipinski definition) is 1. The number of likely N-dealkylation sites (tertiary alicyclic amines) is 1. The maximum atomic E-state index is 13.2. The van der Waals surface area contributed by atoms with Gasteiger partial charge in [-0.15, -0.1) is 0 Å². The Balaban J connectivity index is 1.31. The molecule has 33 heavy (non-hydrogen) atoms. The van der Waals surface area contributed by atoms with E-state index in [1.807, 2.05) is 18.2 Å². The molecule has 0 saturated carbocycles. The van der Waals surface area contributed by atoms with Crippen LogP contribution in [0.3, 0.4) is 0 Å². The molecule has 7 heteroatoms. The first-order chi connectivity index (χ1) is 15.9. The summed E-state index contributed by atoms with van der Waals surface area (Å²) in [5, 5.41) is 3.59. The second-order valence-electron chi connectivity index (χ2n) is 9.60. The maximum absolute atomic E-state index is 13.2. The lowest BCUT2D eigenvalue weighted by molar-refractivity contribution is -0.170. The van der Waals surface area contributed by atoms with Gasteiger partial charge in [-0.1, -0.05) is 37.6 Å². The van der Waals surface area contributed by atoms with Gasteiger partial charge in [0.1, 0.15) is 11.4 Å². The van der Waals surface area contributed by atoms with E-state index in [1.54, 1.807) is 24.5 Å². The van der Waals surface area contributed by atoms with Gasteiger partial charge in [0.2, 0.25) is 0 Å². The lowest BCUT2D eigenvalue weighted by Gasteiger charge is -2.46. The van der Waals surface area contributed by atoms with Gasteiger partial charge in [-0.05, 0) is 79.9 Å². The lowest BCUT2D eigenvalue weighted by atomic mass is 9.80. The predicted octanol–water partition coefficient (Wildman–Crippen LogP) is 4.94.